The van der Waals surface area contributed by atoms with Crippen LogP contribution in [0.2, 0.25) is 0 Å². The Labute approximate surface area is 179 Å². The Kier molecular flexibility index (Phi) is 6.62. The van der Waals surface area contributed by atoms with Gasteiger partial charge >= 0.3 is 6.09 Å². The molecule has 2 aromatic rings. The number of amides is 2. The number of halogens is 1. The first-order valence-corrected chi connectivity index (χ1v) is 10.5. The molecule has 29 heavy (non-hydrogen) atoms. The average molecular weight is 463 g/mol. The fraction of sp³-hybridized carbons (Fsp3) is 0.476. The maximum atomic E-state index is 12.9. The van der Waals surface area contributed by atoms with Crippen molar-refractivity contribution in [2.24, 2.45) is 0 Å². The lowest BCUT2D eigenvalue weighted by Gasteiger charge is -2.26. The van der Waals surface area contributed by atoms with Crippen LogP contribution in [0.15, 0.2) is 41.1 Å². The van der Waals surface area contributed by atoms with E-state index >= 15 is 0 Å². The highest BCUT2D eigenvalue weighted by Crippen LogP contribution is 2.15. The second kappa shape index (κ2) is 8.98. The molecule has 1 aliphatic rings. The number of rotatable bonds is 3. The number of aromatic nitrogens is 2. The number of carbonyl (C=O) groups excluding carboxylic acids is 2. The quantitative estimate of drug-likeness (QED) is 0.695. The summed E-state index contributed by atoms with van der Waals surface area (Å²) in [7, 11) is 0. The monoisotopic (exact) mass is 462 g/mol. The van der Waals surface area contributed by atoms with E-state index in [0.29, 0.717) is 38.3 Å². The molecule has 0 unspecified atom stereocenters. The molecular formula is C21H27BrN4O3. The summed E-state index contributed by atoms with van der Waals surface area (Å²) in [6.07, 6.45) is 4.07. The molecule has 0 spiro atoms. The highest BCUT2D eigenvalue weighted by molar-refractivity contribution is 9.10. The van der Waals surface area contributed by atoms with Gasteiger partial charge in [-0.2, -0.15) is 5.10 Å². The molecule has 0 bridgehead atoms. The summed E-state index contributed by atoms with van der Waals surface area (Å²) in [6, 6.07) is 7.61. The summed E-state index contributed by atoms with van der Waals surface area (Å²) in [5, 5.41) is 4.25. The second-order valence-electron chi connectivity index (χ2n) is 8.17. The number of carbonyl (C=O) groups is 2. The molecule has 8 heteroatoms. The lowest BCUT2D eigenvalue weighted by molar-refractivity contribution is 0.0255. The summed E-state index contributed by atoms with van der Waals surface area (Å²) in [4.78, 5) is 28.7. The van der Waals surface area contributed by atoms with E-state index in [1.165, 1.54) is 0 Å². The standard InChI is InChI=1S/C21H27BrN4O3/c1-21(2,3)29-20(28)25-10-4-9-24(11-12-25)19(27)17-7-5-16(6-8-17)14-26-15-18(22)13-23-26/h5-8,13,15H,4,9-12,14H2,1-3H3. The van der Waals surface area contributed by atoms with Gasteiger partial charge in [0.15, 0.2) is 0 Å². The fourth-order valence-electron chi connectivity index (χ4n) is 3.18. The van der Waals surface area contributed by atoms with E-state index < -0.39 is 5.60 Å². The maximum Gasteiger partial charge on any atom is 0.410 e. The van der Waals surface area contributed by atoms with Crippen molar-refractivity contribution in [3.05, 3.63) is 52.3 Å². The van der Waals surface area contributed by atoms with Gasteiger partial charge in [0.05, 0.1) is 17.2 Å². The van der Waals surface area contributed by atoms with Crippen LogP contribution in [-0.2, 0) is 11.3 Å². The van der Waals surface area contributed by atoms with Crippen molar-refractivity contribution < 1.29 is 14.3 Å². The van der Waals surface area contributed by atoms with Gasteiger partial charge < -0.3 is 14.5 Å². The Morgan fingerprint density at radius 2 is 1.72 bits per heavy atom. The van der Waals surface area contributed by atoms with E-state index in [1.54, 1.807) is 11.1 Å². The van der Waals surface area contributed by atoms with Crippen molar-refractivity contribution >= 4 is 27.9 Å². The van der Waals surface area contributed by atoms with Crippen molar-refractivity contribution in [3.63, 3.8) is 0 Å². The Balaban J connectivity index is 1.58. The van der Waals surface area contributed by atoms with Crippen LogP contribution in [0.4, 0.5) is 4.79 Å². The summed E-state index contributed by atoms with van der Waals surface area (Å²) in [5.41, 5.74) is 1.21. The van der Waals surface area contributed by atoms with Crippen molar-refractivity contribution in [2.75, 3.05) is 26.2 Å². The van der Waals surface area contributed by atoms with Gasteiger partial charge in [-0.05, 0) is 60.8 Å². The van der Waals surface area contributed by atoms with Gasteiger partial charge in [0.1, 0.15) is 5.60 Å². The third-order valence-electron chi connectivity index (χ3n) is 4.58. The largest absolute Gasteiger partial charge is 0.444 e. The van der Waals surface area contributed by atoms with Gasteiger partial charge in [-0.3, -0.25) is 9.48 Å². The molecule has 0 aliphatic carbocycles. The number of hydrogen-bond acceptors (Lipinski definition) is 4. The molecule has 1 saturated heterocycles. The molecular weight excluding hydrogens is 436 g/mol. The zero-order valence-electron chi connectivity index (χ0n) is 17.1. The zero-order valence-corrected chi connectivity index (χ0v) is 18.7. The second-order valence-corrected chi connectivity index (χ2v) is 9.08. The van der Waals surface area contributed by atoms with E-state index in [-0.39, 0.29) is 12.0 Å². The molecule has 2 heterocycles. The van der Waals surface area contributed by atoms with Crippen LogP contribution in [0.3, 0.4) is 0 Å². The molecule has 1 aliphatic heterocycles. The molecule has 1 fully saturated rings. The van der Waals surface area contributed by atoms with E-state index in [0.717, 1.165) is 16.5 Å². The Morgan fingerprint density at radius 1 is 1.07 bits per heavy atom. The number of ether oxygens (including phenoxy) is 1. The van der Waals surface area contributed by atoms with Crippen LogP contribution in [0.25, 0.3) is 0 Å². The van der Waals surface area contributed by atoms with Crippen molar-refractivity contribution in [2.45, 2.75) is 39.3 Å². The SMILES string of the molecule is CC(C)(C)OC(=O)N1CCCN(C(=O)c2ccc(Cn3cc(Br)cn3)cc2)CC1. The Hall–Kier alpha value is -2.35. The molecule has 156 valence electrons. The molecule has 1 aromatic heterocycles. The zero-order chi connectivity index (χ0) is 21.0. The predicted molar refractivity (Wildman–Crippen MR) is 114 cm³/mol. The van der Waals surface area contributed by atoms with E-state index in [9.17, 15) is 9.59 Å². The van der Waals surface area contributed by atoms with Crippen LogP contribution < -0.4 is 0 Å². The molecule has 0 N–H and O–H groups in total. The molecule has 0 saturated carbocycles. The minimum atomic E-state index is -0.521. The van der Waals surface area contributed by atoms with E-state index in [2.05, 4.69) is 21.0 Å². The number of hydrogen-bond donors (Lipinski definition) is 0. The number of nitrogens with zero attached hydrogens (tertiary/aromatic N) is 4. The van der Waals surface area contributed by atoms with E-state index in [1.807, 2.05) is 60.8 Å². The Morgan fingerprint density at radius 3 is 2.34 bits per heavy atom. The smallest absolute Gasteiger partial charge is 0.410 e. The van der Waals surface area contributed by atoms with Crippen LogP contribution in [-0.4, -0.2) is 63.4 Å². The van der Waals surface area contributed by atoms with Gasteiger partial charge in [0.25, 0.3) is 5.91 Å². The first-order valence-electron chi connectivity index (χ1n) is 9.75. The fourth-order valence-corrected chi connectivity index (χ4v) is 3.50. The molecule has 7 nitrogen and oxygen atoms in total. The van der Waals surface area contributed by atoms with Crippen molar-refractivity contribution in [1.29, 1.82) is 0 Å². The summed E-state index contributed by atoms with van der Waals surface area (Å²) < 4.78 is 8.22. The first-order chi connectivity index (χ1) is 13.7. The summed E-state index contributed by atoms with van der Waals surface area (Å²) in [6.45, 7) is 8.41. The normalized spacial score (nSPS) is 15.2. The molecule has 0 atom stereocenters. The molecule has 1 aromatic carbocycles. The van der Waals surface area contributed by atoms with Crippen LogP contribution in [0, 0.1) is 0 Å². The Bertz CT molecular complexity index is 858. The summed E-state index contributed by atoms with van der Waals surface area (Å²) >= 11 is 3.39. The molecule has 3 rings (SSSR count). The van der Waals surface area contributed by atoms with Crippen molar-refractivity contribution in [3.8, 4) is 0 Å². The van der Waals surface area contributed by atoms with Crippen LogP contribution in [0.5, 0.6) is 0 Å². The minimum Gasteiger partial charge on any atom is -0.444 e. The first kappa shape index (κ1) is 21.4. The van der Waals surface area contributed by atoms with Gasteiger partial charge in [-0.15, -0.1) is 0 Å². The number of benzene rings is 1. The highest BCUT2D eigenvalue weighted by atomic mass is 79.9. The topological polar surface area (TPSA) is 67.7 Å². The third-order valence-corrected chi connectivity index (χ3v) is 4.99. The minimum absolute atomic E-state index is 0.00979. The lowest BCUT2D eigenvalue weighted by atomic mass is 10.1. The average Bonchev–Trinajstić information content (AvgIpc) is 2.91. The highest BCUT2D eigenvalue weighted by Gasteiger charge is 2.26. The van der Waals surface area contributed by atoms with Gasteiger partial charge in [-0.1, -0.05) is 12.1 Å². The van der Waals surface area contributed by atoms with Crippen molar-refractivity contribution in [1.82, 2.24) is 19.6 Å². The van der Waals surface area contributed by atoms with Gasteiger partial charge in [0.2, 0.25) is 0 Å². The summed E-state index contributed by atoms with van der Waals surface area (Å²) in [5.74, 6) is -0.00979. The van der Waals surface area contributed by atoms with Gasteiger partial charge in [0, 0.05) is 37.9 Å². The lowest BCUT2D eigenvalue weighted by Crippen LogP contribution is -2.40. The van der Waals surface area contributed by atoms with Gasteiger partial charge in [-0.25, -0.2) is 4.79 Å². The van der Waals surface area contributed by atoms with E-state index in [4.69, 9.17) is 4.74 Å². The van der Waals surface area contributed by atoms with Crippen LogP contribution >= 0.6 is 15.9 Å². The predicted octanol–water partition coefficient (Wildman–Crippen LogP) is 3.78. The van der Waals surface area contributed by atoms with Crippen LogP contribution in [0.1, 0.15) is 43.1 Å². The molecule has 0 radical (unpaired) electrons. The third kappa shape index (κ3) is 6.06. The maximum absolute atomic E-state index is 12.9. The molecule has 2 amide bonds.